The minimum absolute atomic E-state index is 0.0590. The maximum absolute atomic E-state index is 10.8. The zero-order valence-corrected chi connectivity index (χ0v) is 10.1. The molecule has 0 spiro atoms. The van der Waals surface area contributed by atoms with E-state index in [0.29, 0.717) is 11.8 Å². The van der Waals surface area contributed by atoms with Gasteiger partial charge in [0.05, 0.1) is 0 Å². The van der Waals surface area contributed by atoms with Gasteiger partial charge in [0.1, 0.15) is 0 Å². The molecular formula is C9H18N2OS2. The molecule has 14 heavy (non-hydrogen) atoms. The highest BCUT2D eigenvalue weighted by molar-refractivity contribution is 8.06. The zero-order valence-electron chi connectivity index (χ0n) is 8.49. The molecule has 0 aliphatic carbocycles. The zero-order chi connectivity index (χ0) is 10.4. The lowest BCUT2D eigenvalue weighted by Crippen LogP contribution is -2.35. The summed E-state index contributed by atoms with van der Waals surface area (Å²) in [6.45, 7) is 3.56. The predicted molar refractivity (Wildman–Crippen MR) is 64.8 cm³/mol. The van der Waals surface area contributed by atoms with Gasteiger partial charge in [-0.25, -0.2) is 0 Å². The van der Waals surface area contributed by atoms with E-state index in [1.54, 1.807) is 0 Å². The number of nitrogens with two attached hydrogens (primary N) is 1. The smallest absolute Gasteiger partial charge is 0.221 e. The van der Waals surface area contributed by atoms with Crippen molar-refractivity contribution in [1.82, 2.24) is 5.32 Å². The third-order valence-corrected chi connectivity index (χ3v) is 5.04. The van der Waals surface area contributed by atoms with Gasteiger partial charge in [-0.1, -0.05) is 6.92 Å². The van der Waals surface area contributed by atoms with E-state index in [1.807, 2.05) is 30.4 Å². The van der Waals surface area contributed by atoms with Crippen LogP contribution in [0.2, 0.25) is 0 Å². The highest BCUT2D eigenvalue weighted by Crippen LogP contribution is 2.23. The molecule has 0 bridgehead atoms. The van der Waals surface area contributed by atoms with Crippen LogP contribution < -0.4 is 11.1 Å². The second-order valence-electron chi connectivity index (χ2n) is 3.53. The predicted octanol–water partition coefficient (Wildman–Crippen LogP) is 0.546. The monoisotopic (exact) mass is 234 g/mol. The Bertz CT molecular complexity index is 184. The summed E-state index contributed by atoms with van der Waals surface area (Å²) in [5.74, 6) is 3.48. The van der Waals surface area contributed by atoms with Crippen LogP contribution in [0.1, 0.15) is 6.92 Å². The van der Waals surface area contributed by atoms with Crippen LogP contribution in [0, 0.1) is 5.92 Å². The second-order valence-corrected chi connectivity index (χ2v) is 6.09. The lowest BCUT2D eigenvalue weighted by molar-refractivity contribution is -0.121. The average molecular weight is 234 g/mol. The number of hydrogen-bond donors (Lipinski definition) is 2. The summed E-state index contributed by atoms with van der Waals surface area (Å²) in [5, 5.41) is 4.00. The lowest BCUT2D eigenvalue weighted by atomic mass is 10.2. The van der Waals surface area contributed by atoms with Gasteiger partial charge in [0, 0.05) is 41.5 Å². The summed E-state index contributed by atoms with van der Waals surface area (Å²) < 4.78 is 0. The van der Waals surface area contributed by atoms with Crippen LogP contribution in [-0.4, -0.2) is 41.5 Å². The van der Waals surface area contributed by atoms with Gasteiger partial charge < -0.3 is 11.1 Å². The third kappa shape index (κ3) is 4.57. The Hall–Kier alpha value is 0.130. The molecule has 1 aliphatic rings. The maximum Gasteiger partial charge on any atom is 0.221 e. The second kappa shape index (κ2) is 6.58. The molecule has 1 heterocycles. The van der Waals surface area contributed by atoms with E-state index in [2.05, 4.69) is 5.32 Å². The van der Waals surface area contributed by atoms with E-state index in [4.69, 9.17) is 5.73 Å². The summed E-state index contributed by atoms with van der Waals surface area (Å²) in [6, 6.07) is 0. The normalized spacial score (nSPS) is 24.5. The molecule has 2 unspecified atom stereocenters. The van der Waals surface area contributed by atoms with E-state index >= 15 is 0 Å². The third-order valence-electron chi connectivity index (χ3n) is 2.19. The molecule has 1 rings (SSSR count). The van der Waals surface area contributed by atoms with Crippen LogP contribution in [-0.2, 0) is 4.79 Å². The minimum atomic E-state index is -0.219. The van der Waals surface area contributed by atoms with Crippen LogP contribution >= 0.6 is 23.5 Å². The van der Waals surface area contributed by atoms with Gasteiger partial charge in [-0.05, 0) is 0 Å². The standard InChI is InChI=1S/C9H18N2OS2/c1-7(9(10)12)4-11-5-8-6-13-2-3-14-8/h7-8,11H,2-6H2,1H3,(H2,10,12). The van der Waals surface area contributed by atoms with Crippen molar-refractivity contribution in [3.63, 3.8) is 0 Å². The Morgan fingerprint density at radius 2 is 2.43 bits per heavy atom. The van der Waals surface area contributed by atoms with Gasteiger partial charge in [0.25, 0.3) is 0 Å². The van der Waals surface area contributed by atoms with E-state index in [1.165, 1.54) is 17.3 Å². The number of carbonyl (C=O) groups is 1. The first-order chi connectivity index (χ1) is 6.70. The van der Waals surface area contributed by atoms with Gasteiger partial charge in [0.2, 0.25) is 5.91 Å². The van der Waals surface area contributed by atoms with Gasteiger partial charge in [-0.15, -0.1) is 0 Å². The molecule has 1 saturated heterocycles. The average Bonchev–Trinajstić information content (AvgIpc) is 2.19. The van der Waals surface area contributed by atoms with Crippen molar-refractivity contribution in [3.8, 4) is 0 Å². The summed E-state index contributed by atoms with van der Waals surface area (Å²) >= 11 is 4.04. The fraction of sp³-hybridized carbons (Fsp3) is 0.889. The van der Waals surface area contributed by atoms with E-state index < -0.39 is 0 Å². The SMILES string of the molecule is CC(CNCC1CSCCS1)C(N)=O. The molecule has 0 radical (unpaired) electrons. The summed E-state index contributed by atoms with van der Waals surface area (Å²) in [7, 11) is 0. The van der Waals surface area contributed by atoms with Crippen molar-refractivity contribution in [2.24, 2.45) is 11.7 Å². The van der Waals surface area contributed by atoms with Crippen molar-refractivity contribution in [2.75, 3.05) is 30.3 Å². The van der Waals surface area contributed by atoms with Gasteiger partial charge >= 0.3 is 0 Å². The summed E-state index contributed by atoms with van der Waals surface area (Å²) in [5.41, 5.74) is 5.17. The Balaban J connectivity index is 2.05. The van der Waals surface area contributed by atoms with Crippen molar-refractivity contribution >= 4 is 29.4 Å². The van der Waals surface area contributed by atoms with Crippen LogP contribution in [0.25, 0.3) is 0 Å². The van der Waals surface area contributed by atoms with Crippen LogP contribution in [0.5, 0.6) is 0 Å². The van der Waals surface area contributed by atoms with Gasteiger partial charge in [-0.2, -0.15) is 23.5 Å². The molecule has 3 nitrogen and oxygen atoms in total. The quantitative estimate of drug-likeness (QED) is 0.729. The first-order valence-corrected chi connectivity index (χ1v) is 7.10. The number of rotatable bonds is 5. The van der Waals surface area contributed by atoms with Gasteiger partial charge in [0.15, 0.2) is 0 Å². The molecule has 1 amide bonds. The molecule has 5 heteroatoms. The Morgan fingerprint density at radius 1 is 1.64 bits per heavy atom. The molecule has 1 aliphatic heterocycles. The Kier molecular flexibility index (Phi) is 5.74. The molecule has 0 aromatic carbocycles. The topological polar surface area (TPSA) is 55.1 Å². The number of nitrogens with one attached hydrogen (secondary N) is 1. The Labute approximate surface area is 94.0 Å². The molecule has 82 valence electrons. The molecule has 0 aromatic rings. The highest BCUT2D eigenvalue weighted by atomic mass is 32.2. The molecule has 0 saturated carbocycles. The van der Waals surface area contributed by atoms with Crippen molar-refractivity contribution < 1.29 is 4.79 Å². The first-order valence-electron chi connectivity index (χ1n) is 4.89. The number of thioether (sulfide) groups is 2. The highest BCUT2D eigenvalue weighted by Gasteiger charge is 2.14. The minimum Gasteiger partial charge on any atom is -0.369 e. The van der Waals surface area contributed by atoms with Crippen LogP contribution in [0.15, 0.2) is 0 Å². The molecule has 2 atom stereocenters. The summed E-state index contributed by atoms with van der Waals surface area (Å²) in [6.07, 6.45) is 0. The number of primary amides is 1. The fourth-order valence-corrected chi connectivity index (χ4v) is 3.86. The van der Waals surface area contributed by atoms with Crippen molar-refractivity contribution in [1.29, 1.82) is 0 Å². The Morgan fingerprint density at radius 3 is 3.00 bits per heavy atom. The van der Waals surface area contributed by atoms with Gasteiger partial charge in [-0.3, -0.25) is 4.79 Å². The number of carbonyl (C=O) groups excluding carboxylic acids is 1. The van der Waals surface area contributed by atoms with Crippen molar-refractivity contribution in [2.45, 2.75) is 12.2 Å². The van der Waals surface area contributed by atoms with Crippen LogP contribution in [0.3, 0.4) is 0 Å². The fourth-order valence-electron chi connectivity index (χ4n) is 1.22. The molecule has 0 aromatic heterocycles. The first kappa shape index (κ1) is 12.2. The summed E-state index contributed by atoms with van der Waals surface area (Å²) in [4.78, 5) is 10.8. The molecule has 3 N–H and O–H groups in total. The van der Waals surface area contributed by atoms with E-state index in [-0.39, 0.29) is 11.8 Å². The maximum atomic E-state index is 10.8. The van der Waals surface area contributed by atoms with E-state index in [0.717, 1.165) is 6.54 Å². The lowest BCUT2D eigenvalue weighted by Gasteiger charge is -2.21. The molecular weight excluding hydrogens is 216 g/mol. The largest absolute Gasteiger partial charge is 0.369 e. The molecule has 1 fully saturated rings. The van der Waals surface area contributed by atoms with Crippen LogP contribution in [0.4, 0.5) is 0 Å². The van der Waals surface area contributed by atoms with Crippen molar-refractivity contribution in [3.05, 3.63) is 0 Å². The number of hydrogen-bond acceptors (Lipinski definition) is 4. The number of amides is 1. The van der Waals surface area contributed by atoms with E-state index in [9.17, 15) is 4.79 Å².